The van der Waals surface area contributed by atoms with E-state index in [-0.39, 0.29) is 5.12 Å². The van der Waals surface area contributed by atoms with Crippen LogP contribution in [-0.2, 0) is 4.79 Å². The van der Waals surface area contributed by atoms with Crippen LogP contribution in [0.25, 0.3) is 0 Å². The van der Waals surface area contributed by atoms with Gasteiger partial charge in [0, 0.05) is 28.9 Å². The summed E-state index contributed by atoms with van der Waals surface area (Å²) >= 11 is 1.24. The van der Waals surface area contributed by atoms with Gasteiger partial charge in [0.05, 0.1) is 0 Å². The molecule has 0 unspecified atom stereocenters. The predicted octanol–water partition coefficient (Wildman–Crippen LogP) is 4.93. The van der Waals surface area contributed by atoms with Gasteiger partial charge in [0.25, 0.3) is 0 Å². The largest absolute Gasteiger partial charge is 0.287 e. The summed E-state index contributed by atoms with van der Waals surface area (Å²) < 4.78 is 0. The molecule has 23 heavy (non-hydrogen) atoms. The van der Waals surface area contributed by atoms with E-state index >= 15 is 0 Å². The molecule has 0 heterocycles. The van der Waals surface area contributed by atoms with Gasteiger partial charge in [-0.05, 0) is 42.0 Å². The van der Waals surface area contributed by atoms with Crippen molar-refractivity contribution in [2.24, 2.45) is 0 Å². The molecule has 0 spiro atoms. The van der Waals surface area contributed by atoms with Crippen LogP contribution in [0, 0.1) is 11.8 Å². The molecular weight excluding hydrogens is 300 g/mol. The van der Waals surface area contributed by atoms with Crippen LogP contribution in [0.2, 0.25) is 0 Å². The SMILES string of the molecule is CC(=O)Sc1ccc(C#Cc2ccc(C3C=CC=C3)cc2)cc1. The maximum absolute atomic E-state index is 11.1. The van der Waals surface area contributed by atoms with Crippen LogP contribution < -0.4 is 0 Å². The van der Waals surface area contributed by atoms with Crippen LogP contribution in [-0.4, -0.2) is 5.12 Å². The van der Waals surface area contributed by atoms with Crippen molar-refractivity contribution >= 4 is 16.9 Å². The van der Waals surface area contributed by atoms with Gasteiger partial charge in [0.15, 0.2) is 5.12 Å². The van der Waals surface area contributed by atoms with Crippen LogP contribution in [0.3, 0.4) is 0 Å². The van der Waals surface area contributed by atoms with Crippen LogP contribution in [0.1, 0.15) is 29.5 Å². The Morgan fingerprint density at radius 1 is 0.870 bits per heavy atom. The van der Waals surface area contributed by atoms with Gasteiger partial charge in [0.2, 0.25) is 0 Å². The minimum atomic E-state index is 0.0934. The van der Waals surface area contributed by atoms with Crippen molar-refractivity contribution in [2.45, 2.75) is 17.7 Å². The summed E-state index contributed by atoms with van der Waals surface area (Å²) in [5, 5.41) is 0.0934. The molecule has 1 nitrogen and oxygen atoms in total. The number of carbonyl (C=O) groups excluding carboxylic acids is 1. The first-order chi connectivity index (χ1) is 11.2. The summed E-state index contributed by atoms with van der Waals surface area (Å²) in [4.78, 5) is 12.0. The number of hydrogen-bond acceptors (Lipinski definition) is 2. The lowest BCUT2D eigenvalue weighted by molar-refractivity contribution is -0.109. The summed E-state index contributed by atoms with van der Waals surface area (Å²) in [6, 6.07) is 16.1. The third kappa shape index (κ3) is 4.25. The molecule has 1 aliphatic carbocycles. The van der Waals surface area contributed by atoms with Gasteiger partial charge < -0.3 is 0 Å². The van der Waals surface area contributed by atoms with Crippen molar-refractivity contribution in [3.05, 3.63) is 89.5 Å². The molecule has 0 saturated heterocycles. The molecule has 0 bridgehead atoms. The van der Waals surface area contributed by atoms with E-state index in [9.17, 15) is 4.79 Å². The van der Waals surface area contributed by atoms with Crippen molar-refractivity contribution in [3.8, 4) is 11.8 Å². The highest BCUT2D eigenvalue weighted by atomic mass is 32.2. The highest BCUT2D eigenvalue weighted by Gasteiger charge is 2.05. The maximum Gasteiger partial charge on any atom is 0.190 e. The molecule has 0 amide bonds. The van der Waals surface area contributed by atoms with E-state index in [1.165, 1.54) is 17.3 Å². The van der Waals surface area contributed by atoms with Gasteiger partial charge >= 0.3 is 0 Å². The molecule has 2 heteroatoms. The summed E-state index contributed by atoms with van der Waals surface area (Å²) in [5.74, 6) is 6.73. The molecule has 0 aromatic heterocycles. The van der Waals surface area contributed by atoms with Gasteiger partial charge in [-0.25, -0.2) is 0 Å². The second-order valence-corrected chi connectivity index (χ2v) is 6.54. The van der Waals surface area contributed by atoms with Crippen molar-refractivity contribution < 1.29 is 4.79 Å². The second kappa shape index (κ2) is 7.17. The van der Waals surface area contributed by atoms with Gasteiger partial charge in [-0.15, -0.1) is 0 Å². The number of hydrogen-bond donors (Lipinski definition) is 0. The minimum Gasteiger partial charge on any atom is -0.287 e. The first kappa shape index (κ1) is 15.4. The second-order valence-electron chi connectivity index (χ2n) is 5.29. The molecule has 2 aromatic rings. The van der Waals surface area contributed by atoms with E-state index in [0.717, 1.165) is 16.0 Å². The Bertz CT molecular complexity index is 803. The van der Waals surface area contributed by atoms with Gasteiger partial charge in [-0.1, -0.05) is 60.0 Å². The summed E-state index contributed by atoms with van der Waals surface area (Å²) in [6.07, 6.45) is 8.52. The van der Waals surface area contributed by atoms with E-state index in [1.807, 2.05) is 24.3 Å². The van der Waals surface area contributed by atoms with Crippen molar-refractivity contribution in [2.75, 3.05) is 0 Å². The zero-order valence-electron chi connectivity index (χ0n) is 12.8. The zero-order valence-corrected chi connectivity index (χ0v) is 13.6. The Balaban J connectivity index is 1.70. The Morgan fingerprint density at radius 3 is 1.91 bits per heavy atom. The van der Waals surface area contributed by atoms with Gasteiger partial charge in [0.1, 0.15) is 0 Å². The maximum atomic E-state index is 11.1. The number of benzene rings is 2. The Hall–Kier alpha value is -2.50. The minimum absolute atomic E-state index is 0.0934. The molecule has 0 aliphatic heterocycles. The van der Waals surface area contributed by atoms with Crippen LogP contribution in [0.4, 0.5) is 0 Å². The molecule has 0 N–H and O–H groups in total. The van der Waals surface area contributed by atoms with Gasteiger partial charge in [-0.2, -0.15) is 0 Å². The number of thioether (sulfide) groups is 1. The first-order valence-electron chi connectivity index (χ1n) is 7.46. The van der Waals surface area contributed by atoms with Crippen LogP contribution in [0.15, 0.2) is 77.7 Å². The zero-order chi connectivity index (χ0) is 16.1. The Labute approximate surface area is 141 Å². The lowest BCUT2D eigenvalue weighted by Crippen LogP contribution is -1.88. The highest BCUT2D eigenvalue weighted by Crippen LogP contribution is 2.23. The monoisotopic (exact) mass is 316 g/mol. The van der Waals surface area contributed by atoms with Gasteiger partial charge in [-0.3, -0.25) is 4.79 Å². The van der Waals surface area contributed by atoms with E-state index in [1.54, 1.807) is 6.92 Å². The summed E-state index contributed by atoms with van der Waals surface area (Å²) in [5.41, 5.74) is 3.23. The van der Waals surface area contributed by atoms with Crippen molar-refractivity contribution in [3.63, 3.8) is 0 Å². The quantitative estimate of drug-likeness (QED) is 0.577. The molecule has 0 radical (unpaired) electrons. The highest BCUT2D eigenvalue weighted by molar-refractivity contribution is 8.13. The van der Waals surface area contributed by atoms with E-state index in [0.29, 0.717) is 5.92 Å². The van der Waals surface area contributed by atoms with Crippen LogP contribution >= 0.6 is 11.8 Å². The topological polar surface area (TPSA) is 17.1 Å². The summed E-state index contributed by atoms with van der Waals surface area (Å²) in [6.45, 7) is 1.57. The normalized spacial score (nSPS) is 12.9. The average Bonchev–Trinajstić information content (AvgIpc) is 3.09. The number of allylic oxidation sites excluding steroid dienone is 4. The number of rotatable bonds is 2. The van der Waals surface area contributed by atoms with Crippen molar-refractivity contribution in [1.29, 1.82) is 0 Å². The predicted molar refractivity (Wildman–Crippen MR) is 96.4 cm³/mol. The fourth-order valence-electron chi connectivity index (χ4n) is 2.36. The lowest BCUT2D eigenvalue weighted by atomic mass is 10.00. The Morgan fingerprint density at radius 2 is 1.39 bits per heavy atom. The molecule has 0 fully saturated rings. The summed E-state index contributed by atoms with van der Waals surface area (Å²) in [7, 11) is 0. The van der Waals surface area contributed by atoms with Crippen LogP contribution in [0.5, 0.6) is 0 Å². The van der Waals surface area contributed by atoms with E-state index < -0.39 is 0 Å². The molecular formula is C21H16OS. The van der Waals surface area contributed by atoms with E-state index in [2.05, 4.69) is 60.4 Å². The third-order valence-electron chi connectivity index (χ3n) is 3.51. The number of carbonyl (C=O) groups is 1. The standard InChI is InChI=1S/C21H16OS/c1-16(22)23-21-14-10-18(11-15-21)7-6-17-8-12-20(13-9-17)19-4-2-3-5-19/h2-5,8-15,19H,1H3. The third-order valence-corrected chi connectivity index (χ3v) is 4.31. The van der Waals surface area contributed by atoms with E-state index in [4.69, 9.17) is 0 Å². The van der Waals surface area contributed by atoms with Crippen molar-refractivity contribution in [1.82, 2.24) is 0 Å². The first-order valence-corrected chi connectivity index (χ1v) is 8.28. The fraction of sp³-hybridized carbons (Fsp3) is 0.0952. The molecule has 2 aromatic carbocycles. The smallest absolute Gasteiger partial charge is 0.190 e. The molecule has 1 aliphatic rings. The Kier molecular flexibility index (Phi) is 4.80. The average molecular weight is 316 g/mol. The lowest BCUT2D eigenvalue weighted by Gasteiger charge is -2.05. The molecule has 112 valence electrons. The fourth-order valence-corrected chi connectivity index (χ4v) is 2.96. The molecule has 3 rings (SSSR count). The molecule has 0 atom stereocenters. The molecule has 0 saturated carbocycles.